The third-order valence-corrected chi connectivity index (χ3v) is 3.88. The van der Waals surface area contributed by atoms with Crippen LogP contribution in [-0.4, -0.2) is 29.3 Å². The second kappa shape index (κ2) is 12.9. The van der Waals surface area contributed by atoms with E-state index in [0.717, 1.165) is 0 Å². The van der Waals surface area contributed by atoms with Gasteiger partial charge in [-0.3, -0.25) is 0 Å². The van der Waals surface area contributed by atoms with E-state index in [1.165, 1.54) is 25.7 Å². The minimum atomic E-state index is -1.73. The number of rotatable bonds is 6. The van der Waals surface area contributed by atoms with Crippen LogP contribution in [0.15, 0.2) is 12.2 Å². The van der Waals surface area contributed by atoms with Gasteiger partial charge in [0.25, 0.3) is 0 Å². The average Bonchev–Trinajstić information content (AvgIpc) is 2.33. The lowest BCUT2D eigenvalue weighted by molar-refractivity contribution is 0.107. The normalized spacial score (nSPS) is 14.8. The van der Waals surface area contributed by atoms with Crippen molar-refractivity contribution in [2.45, 2.75) is 46.5 Å². The fourth-order valence-corrected chi connectivity index (χ4v) is 2.42. The van der Waals surface area contributed by atoms with Crippen molar-refractivity contribution < 1.29 is 13.3 Å². The van der Waals surface area contributed by atoms with Crippen molar-refractivity contribution in [1.82, 2.24) is 0 Å². The van der Waals surface area contributed by atoms with Gasteiger partial charge < -0.3 is 13.3 Å². The summed E-state index contributed by atoms with van der Waals surface area (Å²) in [7, 11) is -1.73. The first-order valence-electron chi connectivity index (χ1n) is 6.34. The minimum absolute atomic E-state index is 0.677. The van der Waals surface area contributed by atoms with Crippen LogP contribution in [-0.2, 0) is 13.3 Å². The van der Waals surface area contributed by atoms with Crippen molar-refractivity contribution >= 4 is 9.53 Å². The summed E-state index contributed by atoms with van der Waals surface area (Å²) in [6, 6.07) is 0. The molecule has 0 radical (unpaired) electrons. The van der Waals surface area contributed by atoms with Crippen molar-refractivity contribution in [1.29, 1.82) is 0 Å². The lowest BCUT2D eigenvalue weighted by Crippen LogP contribution is -2.27. The van der Waals surface area contributed by atoms with Gasteiger partial charge in [-0.15, -0.1) is 0 Å². The second-order valence-electron chi connectivity index (χ2n) is 3.41. The summed E-state index contributed by atoms with van der Waals surface area (Å²) in [6.07, 6.45) is 10.0. The molecule has 96 valence electrons. The molecule has 0 heterocycles. The van der Waals surface area contributed by atoms with Crippen LogP contribution in [0.2, 0.25) is 0 Å². The zero-order chi connectivity index (χ0) is 12.1. The first-order chi connectivity index (χ1) is 7.85. The third-order valence-electron chi connectivity index (χ3n) is 2.07. The van der Waals surface area contributed by atoms with Gasteiger partial charge in [0.05, 0.1) is 0 Å². The fraction of sp³-hybridized carbons (Fsp3) is 0.833. The minimum Gasteiger partial charge on any atom is -0.376 e. The Morgan fingerprint density at radius 1 is 0.812 bits per heavy atom. The quantitative estimate of drug-likeness (QED) is 0.533. The molecule has 0 aromatic heterocycles. The molecule has 0 atom stereocenters. The highest BCUT2D eigenvalue weighted by molar-refractivity contribution is 6.36. The molecular formula is C12H26O3Si. The SMILES string of the molecule is C1=CCCCC1.CCO[SiH](OCC)OCC. The van der Waals surface area contributed by atoms with E-state index in [2.05, 4.69) is 12.2 Å². The van der Waals surface area contributed by atoms with Gasteiger partial charge in [-0.25, -0.2) is 0 Å². The summed E-state index contributed by atoms with van der Waals surface area (Å²) >= 11 is 0. The summed E-state index contributed by atoms with van der Waals surface area (Å²) in [5, 5.41) is 0. The number of hydrogen-bond acceptors (Lipinski definition) is 3. The molecular weight excluding hydrogens is 220 g/mol. The zero-order valence-corrected chi connectivity index (χ0v) is 12.1. The lowest BCUT2D eigenvalue weighted by atomic mass is 10.1. The summed E-state index contributed by atoms with van der Waals surface area (Å²) in [4.78, 5) is 0. The zero-order valence-electron chi connectivity index (χ0n) is 10.9. The predicted molar refractivity (Wildman–Crippen MR) is 69.6 cm³/mol. The van der Waals surface area contributed by atoms with Crippen LogP contribution >= 0.6 is 0 Å². The van der Waals surface area contributed by atoms with Gasteiger partial charge in [0.1, 0.15) is 0 Å². The van der Waals surface area contributed by atoms with Crippen molar-refractivity contribution in [2.24, 2.45) is 0 Å². The summed E-state index contributed by atoms with van der Waals surface area (Å²) < 4.78 is 15.7. The maximum Gasteiger partial charge on any atom is 0.484 e. The van der Waals surface area contributed by atoms with Gasteiger partial charge >= 0.3 is 9.53 Å². The van der Waals surface area contributed by atoms with E-state index in [1.807, 2.05) is 20.8 Å². The van der Waals surface area contributed by atoms with E-state index in [-0.39, 0.29) is 0 Å². The summed E-state index contributed by atoms with van der Waals surface area (Å²) in [6.45, 7) is 7.86. The van der Waals surface area contributed by atoms with E-state index in [4.69, 9.17) is 13.3 Å². The Balaban J connectivity index is 0.000000315. The first-order valence-corrected chi connectivity index (χ1v) is 7.76. The van der Waals surface area contributed by atoms with Crippen LogP contribution < -0.4 is 0 Å². The molecule has 0 N–H and O–H groups in total. The van der Waals surface area contributed by atoms with Crippen LogP contribution in [0.1, 0.15) is 46.5 Å². The van der Waals surface area contributed by atoms with Crippen LogP contribution in [0.3, 0.4) is 0 Å². The number of hydrogen-bond donors (Lipinski definition) is 0. The van der Waals surface area contributed by atoms with Crippen molar-refractivity contribution in [3.63, 3.8) is 0 Å². The molecule has 3 nitrogen and oxygen atoms in total. The molecule has 0 saturated carbocycles. The Bertz CT molecular complexity index is 140. The number of allylic oxidation sites excluding steroid dienone is 2. The summed E-state index contributed by atoms with van der Waals surface area (Å²) in [5.74, 6) is 0. The van der Waals surface area contributed by atoms with Crippen LogP contribution in [0.4, 0.5) is 0 Å². The van der Waals surface area contributed by atoms with E-state index in [9.17, 15) is 0 Å². The monoisotopic (exact) mass is 246 g/mol. The van der Waals surface area contributed by atoms with Gasteiger partial charge in [-0.05, 0) is 46.5 Å². The lowest BCUT2D eigenvalue weighted by Gasteiger charge is -2.12. The highest BCUT2D eigenvalue weighted by Gasteiger charge is 2.11. The molecule has 1 rings (SSSR count). The molecule has 0 aromatic rings. The average molecular weight is 246 g/mol. The maximum absolute atomic E-state index is 5.22. The van der Waals surface area contributed by atoms with Gasteiger partial charge in [0.2, 0.25) is 0 Å². The molecule has 0 unspecified atom stereocenters. The van der Waals surface area contributed by atoms with Crippen molar-refractivity contribution in [3.8, 4) is 0 Å². The Kier molecular flexibility index (Phi) is 12.8. The molecule has 0 bridgehead atoms. The highest BCUT2D eigenvalue weighted by Crippen LogP contribution is 2.07. The largest absolute Gasteiger partial charge is 0.484 e. The summed E-state index contributed by atoms with van der Waals surface area (Å²) in [5.41, 5.74) is 0. The van der Waals surface area contributed by atoms with Gasteiger partial charge in [-0.1, -0.05) is 12.2 Å². The molecule has 0 aromatic carbocycles. The standard InChI is InChI=1S/C6H16O3Si.C6H10/c1-4-7-10(8-5-2)9-6-3;1-2-4-6-5-3-1/h10H,4-6H2,1-3H3;1-2H,3-6H2. The van der Waals surface area contributed by atoms with Gasteiger partial charge in [0, 0.05) is 19.8 Å². The Morgan fingerprint density at radius 3 is 1.38 bits per heavy atom. The maximum atomic E-state index is 5.22. The molecule has 0 amide bonds. The van der Waals surface area contributed by atoms with Gasteiger partial charge in [0.15, 0.2) is 0 Å². The third kappa shape index (κ3) is 10.4. The Morgan fingerprint density at radius 2 is 1.19 bits per heavy atom. The molecule has 16 heavy (non-hydrogen) atoms. The molecule has 1 aliphatic carbocycles. The molecule has 0 aliphatic heterocycles. The smallest absolute Gasteiger partial charge is 0.376 e. The first kappa shape index (κ1) is 15.8. The van der Waals surface area contributed by atoms with Gasteiger partial charge in [-0.2, -0.15) is 0 Å². The van der Waals surface area contributed by atoms with E-state index < -0.39 is 9.53 Å². The van der Waals surface area contributed by atoms with Crippen molar-refractivity contribution in [3.05, 3.63) is 12.2 Å². The second-order valence-corrected chi connectivity index (χ2v) is 4.99. The highest BCUT2D eigenvalue weighted by atomic mass is 28.3. The molecule has 1 aliphatic rings. The van der Waals surface area contributed by atoms with Crippen LogP contribution in [0.5, 0.6) is 0 Å². The van der Waals surface area contributed by atoms with Crippen LogP contribution in [0.25, 0.3) is 0 Å². The molecule has 0 spiro atoms. The topological polar surface area (TPSA) is 27.7 Å². The van der Waals surface area contributed by atoms with E-state index in [0.29, 0.717) is 19.8 Å². The van der Waals surface area contributed by atoms with Crippen LogP contribution in [0, 0.1) is 0 Å². The Hall–Kier alpha value is -0.163. The van der Waals surface area contributed by atoms with E-state index in [1.54, 1.807) is 0 Å². The van der Waals surface area contributed by atoms with Crippen molar-refractivity contribution in [2.75, 3.05) is 19.8 Å². The Labute approximate surface area is 102 Å². The molecule has 0 saturated heterocycles. The fourth-order valence-electron chi connectivity index (χ4n) is 1.31. The predicted octanol–water partition coefficient (Wildman–Crippen LogP) is 2.93. The molecule has 0 fully saturated rings. The van der Waals surface area contributed by atoms with E-state index >= 15 is 0 Å². The molecule has 4 heteroatoms.